The van der Waals surface area contributed by atoms with Gasteiger partial charge in [0.05, 0.1) is 27.3 Å². The number of aliphatic imine (C=N–C) groups is 1. The quantitative estimate of drug-likeness (QED) is 0.480. The average Bonchev–Trinajstić information content (AvgIpc) is 2.63. The Kier molecular flexibility index (Phi) is 9.92. The van der Waals surface area contributed by atoms with Crippen LogP contribution in [0.1, 0.15) is 12.5 Å². The van der Waals surface area contributed by atoms with Gasteiger partial charge in [0.25, 0.3) is 0 Å². The Balaban J connectivity index is 2.63. The minimum atomic E-state index is -4.20. The molecule has 0 amide bonds. The van der Waals surface area contributed by atoms with E-state index in [2.05, 4.69) is 10.3 Å². The highest BCUT2D eigenvalue weighted by Gasteiger charge is 2.28. The van der Waals surface area contributed by atoms with Crippen LogP contribution in [0, 0.1) is 0 Å². The molecule has 0 aromatic heterocycles. The second kappa shape index (κ2) is 11.6. The topological polar surface area (TPSA) is 49.3 Å². The lowest BCUT2D eigenvalue weighted by atomic mass is 10.1. The number of nitrogens with one attached hydrogen (secondary N) is 1. The third-order valence-corrected chi connectivity index (χ3v) is 4.07. The number of alkyl halides is 3. The molecule has 0 aliphatic rings. The Morgan fingerprint density at radius 1 is 1.11 bits per heavy atom. The minimum Gasteiger partial charge on any atom is -0.493 e. The number of nitrogens with zero attached hydrogens (tertiary/aromatic N) is 3. The molecule has 0 aliphatic heterocycles. The number of methoxy groups -OCH3 is 2. The van der Waals surface area contributed by atoms with Gasteiger partial charge in [-0.3, -0.25) is 9.89 Å². The highest BCUT2D eigenvalue weighted by Crippen LogP contribution is 2.27. The highest BCUT2D eigenvalue weighted by atomic mass is 19.4. The number of benzene rings is 1. The number of hydrogen-bond donors (Lipinski definition) is 1. The Hall–Kier alpha value is -2.16. The Morgan fingerprint density at radius 2 is 1.79 bits per heavy atom. The molecule has 1 aromatic rings. The van der Waals surface area contributed by atoms with Crippen molar-refractivity contribution in [3.63, 3.8) is 0 Å². The van der Waals surface area contributed by atoms with Gasteiger partial charge in [0.2, 0.25) is 0 Å². The number of ether oxygens (including phenoxy) is 2. The predicted molar refractivity (Wildman–Crippen MR) is 105 cm³/mol. The SMILES string of the molecule is CCNC(=NCCN(C)CC(F)(F)F)N(C)CCc1ccc(OC)c(OC)c1. The molecule has 0 radical (unpaired) electrons. The van der Waals surface area contributed by atoms with Gasteiger partial charge in [-0.05, 0) is 38.1 Å². The summed E-state index contributed by atoms with van der Waals surface area (Å²) in [5.41, 5.74) is 1.09. The van der Waals surface area contributed by atoms with Crippen LogP contribution in [0.3, 0.4) is 0 Å². The molecule has 0 fully saturated rings. The lowest BCUT2D eigenvalue weighted by Gasteiger charge is -2.23. The zero-order valence-electron chi connectivity index (χ0n) is 17.3. The molecule has 0 saturated carbocycles. The molecule has 28 heavy (non-hydrogen) atoms. The van der Waals surface area contributed by atoms with E-state index < -0.39 is 12.7 Å². The molecule has 0 unspecified atom stereocenters. The van der Waals surface area contributed by atoms with Gasteiger partial charge in [-0.2, -0.15) is 13.2 Å². The largest absolute Gasteiger partial charge is 0.493 e. The normalized spacial score (nSPS) is 12.2. The Labute approximate surface area is 165 Å². The molecule has 1 N–H and O–H groups in total. The number of hydrogen-bond acceptors (Lipinski definition) is 4. The summed E-state index contributed by atoms with van der Waals surface area (Å²) >= 11 is 0. The molecular formula is C19H31F3N4O2. The third kappa shape index (κ3) is 8.69. The molecule has 0 heterocycles. The molecule has 0 spiro atoms. The van der Waals surface area contributed by atoms with Gasteiger partial charge in [-0.25, -0.2) is 0 Å². The fourth-order valence-electron chi connectivity index (χ4n) is 2.62. The second-order valence-electron chi connectivity index (χ2n) is 6.45. The first kappa shape index (κ1) is 23.9. The van der Waals surface area contributed by atoms with Crippen molar-refractivity contribution in [2.75, 3.05) is 61.0 Å². The van der Waals surface area contributed by atoms with Crippen molar-refractivity contribution < 1.29 is 22.6 Å². The van der Waals surface area contributed by atoms with E-state index in [-0.39, 0.29) is 13.1 Å². The molecule has 1 aromatic carbocycles. The summed E-state index contributed by atoms with van der Waals surface area (Å²) < 4.78 is 47.7. The van der Waals surface area contributed by atoms with Crippen LogP contribution >= 0.6 is 0 Å². The standard InChI is InChI=1S/C19H31F3N4O2/c1-6-23-18(24-10-12-25(2)14-19(20,21)22)26(3)11-9-15-7-8-16(27-4)17(13-15)28-5/h7-8,13H,6,9-12,14H2,1-5H3,(H,23,24). The molecule has 0 aliphatic carbocycles. The maximum atomic E-state index is 12.4. The number of halogens is 3. The maximum absolute atomic E-state index is 12.4. The van der Waals surface area contributed by atoms with Gasteiger partial charge in [0.15, 0.2) is 17.5 Å². The maximum Gasteiger partial charge on any atom is 0.401 e. The van der Waals surface area contributed by atoms with E-state index in [9.17, 15) is 13.2 Å². The summed E-state index contributed by atoms with van der Waals surface area (Å²) in [6, 6.07) is 5.78. The van der Waals surface area contributed by atoms with Crippen LogP contribution in [0.15, 0.2) is 23.2 Å². The lowest BCUT2D eigenvalue weighted by Crippen LogP contribution is -2.40. The molecule has 6 nitrogen and oxygen atoms in total. The molecule has 0 saturated heterocycles. The first-order valence-corrected chi connectivity index (χ1v) is 9.15. The van der Waals surface area contributed by atoms with Crippen molar-refractivity contribution >= 4 is 5.96 Å². The molecule has 1 rings (SSSR count). The minimum absolute atomic E-state index is 0.234. The zero-order chi connectivity index (χ0) is 21.2. The smallest absolute Gasteiger partial charge is 0.401 e. The predicted octanol–water partition coefficient (Wildman–Crippen LogP) is 2.64. The molecule has 0 atom stereocenters. The molecular weight excluding hydrogens is 373 g/mol. The first-order valence-electron chi connectivity index (χ1n) is 9.15. The fraction of sp³-hybridized carbons (Fsp3) is 0.632. The van der Waals surface area contributed by atoms with E-state index in [1.165, 1.54) is 11.9 Å². The van der Waals surface area contributed by atoms with Crippen LogP contribution in [0.5, 0.6) is 11.5 Å². The Bertz CT molecular complexity index is 624. The van der Waals surface area contributed by atoms with Gasteiger partial charge >= 0.3 is 6.18 Å². The summed E-state index contributed by atoms with van der Waals surface area (Å²) in [5, 5.41) is 3.17. The van der Waals surface area contributed by atoms with Gasteiger partial charge in [0.1, 0.15) is 0 Å². The second-order valence-corrected chi connectivity index (χ2v) is 6.45. The van der Waals surface area contributed by atoms with E-state index in [0.29, 0.717) is 30.5 Å². The van der Waals surface area contributed by atoms with E-state index >= 15 is 0 Å². The van der Waals surface area contributed by atoms with E-state index in [0.717, 1.165) is 12.0 Å². The van der Waals surface area contributed by atoms with Crippen LogP contribution in [0.25, 0.3) is 0 Å². The van der Waals surface area contributed by atoms with Crippen molar-refractivity contribution in [1.82, 2.24) is 15.1 Å². The highest BCUT2D eigenvalue weighted by molar-refractivity contribution is 5.79. The summed E-state index contributed by atoms with van der Waals surface area (Å²) in [5.74, 6) is 2.02. The average molecular weight is 404 g/mol. The Morgan fingerprint density at radius 3 is 2.36 bits per heavy atom. The number of rotatable bonds is 10. The summed E-state index contributed by atoms with van der Waals surface area (Å²) in [4.78, 5) is 7.62. The summed E-state index contributed by atoms with van der Waals surface area (Å²) in [7, 11) is 6.54. The van der Waals surface area contributed by atoms with E-state index in [1.807, 2.05) is 37.1 Å². The first-order chi connectivity index (χ1) is 13.2. The van der Waals surface area contributed by atoms with Crippen molar-refractivity contribution in [2.45, 2.75) is 19.5 Å². The monoisotopic (exact) mass is 404 g/mol. The summed E-state index contributed by atoms with van der Waals surface area (Å²) in [6.07, 6.45) is -3.44. The van der Waals surface area contributed by atoms with Gasteiger partial charge in [0, 0.05) is 26.7 Å². The molecule has 9 heteroatoms. The van der Waals surface area contributed by atoms with Gasteiger partial charge in [-0.15, -0.1) is 0 Å². The zero-order valence-corrected chi connectivity index (χ0v) is 17.3. The number of likely N-dealkylation sites (N-methyl/N-ethyl adjacent to an activating group) is 2. The van der Waals surface area contributed by atoms with Crippen molar-refractivity contribution in [3.8, 4) is 11.5 Å². The van der Waals surface area contributed by atoms with Crippen LogP contribution < -0.4 is 14.8 Å². The molecule has 0 bridgehead atoms. The summed E-state index contributed by atoms with van der Waals surface area (Å²) in [6.45, 7) is 2.91. The van der Waals surface area contributed by atoms with Gasteiger partial charge < -0.3 is 19.7 Å². The van der Waals surface area contributed by atoms with Crippen molar-refractivity contribution in [1.29, 1.82) is 0 Å². The van der Waals surface area contributed by atoms with Gasteiger partial charge in [-0.1, -0.05) is 6.07 Å². The van der Waals surface area contributed by atoms with Crippen molar-refractivity contribution in [2.24, 2.45) is 4.99 Å². The van der Waals surface area contributed by atoms with E-state index in [4.69, 9.17) is 9.47 Å². The number of guanidine groups is 1. The third-order valence-electron chi connectivity index (χ3n) is 4.07. The van der Waals surface area contributed by atoms with Crippen LogP contribution in [0.2, 0.25) is 0 Å². The van der Waals surface area contributed by atoms with Crippen LogP contribution in [-0.2, 0) is 6.42 Å². The fourth-order valence-corrected chi connectivity index (χ4v) is 2.62. The van der Waals surface area contributed by atoms with Crippen molar-refractivity contribution in [3.05, 3.63) is 23.8 Å². The van der Waals surface area contributed by atoms with E-state index in [1.54, 1.807) is 14.2 Å². The van der Waals surface area contributed by atoms with Crippen LogP contribution in [-0.4, -0.2) is 83.0 Å². The lowest BCUT2D eigenvalue weighted by molar-refractivity contribution is -0.142. The molecule has 160 valence electrons. The van der Waals surface area contributed by atoms with Crippen LogP contribution in [0.4, 0.5) is 13.2 Å².